The van der Waals surface area contributed by atoms with E-state index in [0.29, 0.717) is 24.4 Å². The SMILES string of the molecule is COc1ccccc1C(=O)N1CCN(c2cccc[nH+]2)CC1. The number of rotatable bonds is 3. The topological polar surface area (TPSA) is 46.9 Å². The molecule has 0 bridgehead atoms. The lowest BCUT2D eigenvalue weighted by Gasteiger charge is -2.31. The second kappa shape index (κ2) is 6.47. The van der Waals surface area contributed by atoms with Crippen LogP contribution in [-0.2, 0) is 0 Å². The fourth-order valence-electron chi connectivity index (χ4n) is 2.72. The van der Waals surface area contributed by atoms with Gasteiger partial charge in [-0.3, -0.25) is 9.69 Å². The van der Waals surface area contributed by atoms with E-state index in [9.17, 15) is 4.79 Å². The molecule has 5 heteroatoms. The van der Waals surface area contributed by atoms with Crippen molar-refractivity contribution in [2.24, 2.45) is 0 Å². The van der Waals surface area contributed by atoms with Crippen molar-refractivity contribution in [2.45, 2.75) is 0 Å². The van der Waals surface area contributed by atoms with Gasteiger partial charge in [0, 0.05) is 6.07 Å². The van der Waals surface area contributed by atoms with E-state index in [0.717, 1.165) is 18.9 Å². The van der Waals surface area contributed by atoms with Gasteiger partial charge in [0.1, 0.15) is 18.8 Å². The molecule has 3 rings (SSSR count). The van der Waals surface area contributed by atoms with Crippen LogP contribution >= 0.6 is 0 Å². The number of carbonyl (C=O) groups excluding carboxylic acids is 1. The van der Waals surface area contributed by atoms with Gasteiger partial charge in [-0.15, -0.1) is 0 Å². The number of ether oxygens (including phenoxy) is 1. The number of anilines is 1. The molecule has 1 N–H and O–H groups in total. The predicted molar refractivity (Wildman–Crippen MR) is 84.1 cm³/mol. The molecule has 114 valence electrons. The van der Waals surface area contributed by atoms with Crippen molar-refractivity contribution >= 4 is 11.7 Å². The minimum absolute atomic E-state index is 0.0362. The van der Waals surface area contributed by atoms with Gasteiger partial charge in [-0.1, -0.05) is 18.2 Å². The molecule has 0 atom stereocenters. The van der Waals surface area contributed by atoms with Crippen LogP contribution < -0.4 is 14.6 Å². The fourth-order valence-corrected chi connectivity index (χ4v) is 2.72. The van der Waals surface area contributed by atoms with Crippen molar-refractivity contribution in [1.82, 2.24) is 4.90 Å². The number of amides is 1. The molecule has 2 aromatic rings. The summed E-state index contributed by atoms with van der Waals surface area (Å²) in [6, 6.07) is 13.4. The summed E-state index contributed by atoms with van der Waals surface area (Å²) >= 11 is 0. The standard InChI is InChI=1S/C17H19N3O2/c1-22-15-7-3-2-6-14(15)17(21)20-12-10-19(11-13-20)16-8-4-5-9-18-16/h2-9H,10-13H2,1H3/p+1. The maximum absolute atomic E-state index is 12.6. The van der Waals surface area contributed by atoms with Gasteiger partial charge in [0.25, 0.3) is 11.7 Å². The summed E-state index contributed by atoms with van der Waals surface area (Å²) in [5.74, 6) is 1.76. The summed E-state index contributed by atoms with van der Waals surface area (Å²) in [6.07, 6.45) is 1.92. The molecule has 0 radical (unpaired) electrons. The van der Waals surface area contributed by atoms with E-state index in [1.807, 2.05) is 47.5 Å². The average molecular weight is 298 g/mol. The fraction of sp³-hybridized carbons (Fsp3) is 0.294. The number of benzene rings is 1. The van der Waals surface area contributed by atoms with E-state index in [-0.39, 0.29) is 5.91 Å². The summed E-state index contributed by atoms with van der Waals surface area (Å²) in [5, 5.41) is 0. The molecule has 5 nitrogen and oxygen atoms in total. The van der Waals surface area contributed by atoms with E-state index < -0.39 is 0 Å². The Balaban J connectivity index is 1.67. The van der Waals surface area contributed by atoms with Crippen LogP contribution in [-0.4, -0.2) is 44.1 Å². The molecule has 2 heterocycles. The Bertz CT molecular complexity index is 637. The normalized spacial score (nSPS) is 14.8. The molecule has 1 aromatic heterocycles. The third kappa shape index (κ3) is 2.88. The highest BCUT2D eigenvalue weighted by Gasteiger charge is 2.27. The molecule has 22 heavy (non-hydrogen) atoms. The number of methoxy groups -OCH3 is 1. The van der Waals surface area contributed by atoms with Gasteiger partial charge in [-0.05, 0) is 18.2 Å². The van der Waals surface area contributed by atoms with Gasteiger partial charge in [-0.2, -0.15) is 0 Å². The van der Waals surface area contributed by atoms with E-state index in [4.69, 9.17) is 4.74 Å². The molecule has 0 aliphatic carbocycles. The van der Waals surface area contributed by atoms with Crippen molar-refractivity contribution in [3.63, 3.8) is 0 Å². The smallest absolute Gasteiger partial charge is 0.274 e. The van der Waals surface area contributed by atoms with E-state index in [1.165, 1.54) is 0 Å². The van der Waals surface area contributed by atoms with Crippen LogP contribution in [0.2, 0.25) is 0 Å². The van der Waals surface area contributed by atoms with Gasteiger partial charge in [0.05, 0.1) is 32.0 Å². The number of aromatic nitrogens is 1. The highest BCUT2D eigenvalue weighted by molar-refractivity contribution is 5.97. The van der Waals surface area contributed by atoms with Gasteiger partial charge in [-0.25, -0.2) is 4.98 Å². The maximum atomic E-state index is 12.6. The van der Waals surface area contributed by atoms with Crippen LogP contribution in [0.25, 0.3) is 0 Å². The summed E-state index contributed by atoms with van der Waals surface area (Å²) in [4.78, 5) is 20.0. The zero-order valence-corrected chi connectivity index (χ0v) is 12.7. The van der Waals surface area contributed by atoms with Crippen molar-refractivity contribution in [2.75, 3.05) is 38.2 Å². The second-order valence-corrected chi connectivity index (χ2v) is 5.23. The zero-order valence-electron chi connectivity index (χ0n) is 12.7. The lowest BCUT2D eigenvalue weighted by atomic mass is 10.1. The molecule has 1 amide bonds. The van der Waals surface area contributed by atoms with E-state index in [1.54, 1.807) is 7.11 Å². The van der Waals surface area contributed by atoms with E-state index >= 15 is 0 Å². The Labute approximate surface area is 130 Å². The third-order valence-electron chi connectivity index (χ3n) is 3.94. The average Bonchev–Trinajstić information content (AvgIpc) is 2.62. The molecule has 1 saturated heterocycles. The number of nitrogens with zero attached hydrogens (tertiary/aromatic N) is 2. The molecule has 1 aliphatic heterocycles. The Morgan fingerprint density at radius 1 is 1.05 bits per heavy atom. The largest absolute Gasteiger partial charge is 0.496 e. The van der Waals surface area contributed by atoms with Crippen LogP contribution in [0, 0.1) is 0 Å². The number of carbonyl (C=O) groups is 1. The highest BCUT2D eigenvalue weighted by atomic mass is 16.5. The Morgan fingerprint density at radius 2 is 1.77 bits per heavy atom. The number of nitrogens with one attached hydrogen (secondary N) is 1. The van der Waals surface area contributed by atoms with Crippen LogP contribution in [0.3, 0.4) is 0 Å². The van der Waals surface area contributed by atoms with Gasteiger partial charge in [0.15, 0.2) is 0 Å². The number of H-pyrrole nitrogens is 1. The molecule has 0 unspecified atom stereocenters. The maximum Gasteiger partial charge on any atom is 0.274 e. The Kier molecular flexibility index (Phi) is 4.23. The quantitative estimate of drug-likeness (QED) is 0.862. The van der Waals surface area contributed by atoms with Crippen molar-refractivity contribution in [3.8, 4) is 5.75 Å². The molecular formula is C17H20N3O2+. The predicted octanol–water partition coefficient (Wildman–Crippen LogP) is 1.47. The molecule has 1 aromatic carbocycles. The van der Waals surface area contributed by atoms with Crippen molar-refractivity contribution in [1.29, 1.82) is 0 Å². The molecule has 0 spiro atoms. The van der Waals surface area contributed by atoms with Crippen molar-refractivity contribution < 1.29 is 14.5 Å². The van der Waals surface area contributed by atoms with Crippen LogP contribution in [0.1, 0.15) is 10.4 Å². The summed E-state index contributed by atoms with van der Waals surface area (Å²) in [5.41, 5.74) is 0.629. The number of pyridine rings is 1. The molecular weight excluding hydrogens is 278 g/mol. The first-order chi connectivity index (χ1) is 10.8. The summed E-state index contributed by atoms with van der Waals surface area (Å²) in [6.45, 7) is 3.06. The Morgan fingerprint density at radius 3 is 2.45 bits per heavy atom. The number of hydrogen-bond acceptors (Lipinski definition) is 3. The lowest BCUT2D eigenvalue weighted by Crippen LogP contribution is -2.50. The zero-order chi connectivity index (χ0) is 15.4. The van der Waals surface area contributed by atoms with Crippen LogP contribution in [0.5, 0.6) is 5.75 Å². The highest BCUT2D eigenvalue weighted by Crippen LogP contribution is 2.20. The number of hydrogen-bond donors (Lipinski definition) is 0. The van der Waals surface area contributed by atoms with Gasteiger partial charge in [0.2, 0.25) is 0 Å². The molecule has 1 fully saturated rings. The first-order valence-electron chi connectivity index (χ1n) is 7.43. The van der Waals surface area contributed by atoms with Gasteiger partial charge >= 0.3 is 0 Å². The lowest BCUT2D eigenvalue weighted by molar-refractivity contribution is -0.364. The number of piperazine rings is 1. The first kappa shape index (κ1) is 14.4. The summed E-state index contributed by atoms with van der Waals surface area (Å²) in [7, 11) is 1.59. The number of aromatic amines is 1. The monoisotopic (exact) mass is 298 g/mol. The minimum Gasteiger partial charge on any atom is -0.496 e. The van der Waals surface area contributed by atoms with Crippen LogP contribution in [0.4, 0.5) is 5.82 Å². The minimum atomic E-state index is 0.0362. The second-order valence-electron chi connectivity index (χ2n) is 5.23. The van der Waals surface area contributed by atoms with Crippen molar-refractivity contribution in [3.05, 3.63) is 54.2 Å². The van der Waals surface area contributed by atoms with Crippen LogP contribution in [0.15, 0.2) is 48.7 Å². The Hall–Kier alpha value is -2.56. The third-order valence-corrected chi connectivity index (χ3v) is 3.94. The number of para-hydroxylation sites is 1. The summed E-state index contributed by atoms with van der Waals surface area (Å²) < 4.78 is 5.28. The van der Waals surface area contributed by atoms with Gasteiger partial charge < -0.3 is 9.64 Å². The molecule has 1 aliphatic rings. The van der Waals surface area contributed by atoms with E-state index in [2.05, 4.69) is 16.0 Å². The molecule has 0 saturated carbocycles. The first-order valence-corrected chi connectivity index (χ1v) is 7.43.